The number of phenolic OH excluding ortho intramolecular Hbond substituents is 2. The topological polar surface area (TPSA) is 108 Å². The molecule has 1 amide bonds. The maximum atomic E-state index is 11.7. The van der Waals surface area contributed by atoms with Crippen LogP contribution in [0.3, 0.4) is 0 Å². The lowest BCUT2D eigenvalue weighted by molar-refractivity contribution is 0.0955. The van der Waals surface area contributed by atoms with Gasteiger partial charge in [-0.25, -0.2) is 5.43 Å². The molecule has 20 heavy (non-hydrogen) atoms. The number of nitrogens with zero attached hydrogens (tertiary/aromatic N) is 1. The first-order valence-electron chi connectivity index (χ1n) is 5.78. The number of anilines is 1. The van der Waals surface area contributed by atoms with Gasteiger partial charge in [-0.2, -0.15) is 5.10 Å². The van der Waals surface area contributed by atoms with Gasteiger partial charge in [0.25, 0.3) is 5.91 Å². The van der Waals surface area contributed by atoms with Crippen LogP contribution in [-0.2, 0) is 0 Å². The van der Waals surface area contributed by atoms with Crippen molar-refractivity contribution in [2.45, 2.75) is 0 Å². The Labute approximate surface area is 115 Å². The number of hydrazone groups is 1. The third kappa shape index (κ3) is 3.05. The molecular formula is C14H13N3O3. The van der Waals surface area contributed by atoms with Gasteiger partial charge in [-0.15, -0.1) is 0 Å². The summed E-state index contributed by atoms with van der Waals surface area (Å²) in [6.07, 6.45) is 1.24. The van der Waals surface area contributed by atoms with Crippen molar-refractivity contribution in [3.63, 3.8) is 0 Å². The van der Waals surface area contributed by atoms with Crippen molar-refractivity contribution >= 4 is 17.8 Å². The Morgan fingerprint density at radius 3 is 2.55 bits per heavy atom. The van der Waals surface area contributed by atoms with Crippen LogP contribution in [0.25, 0.3) is 0 Å². The van der Waals surface area contributed by atoms with Crippen molar-refractivity contribution in [3.8, 4) is 11.5 Å². The predicted octanol–water partition coefficient (Wildman–Crippen LogP) is 1.44. The van der Waals surface area contributed by atoms with Crippen LogP contribution in [0, 0.1) is 0 Å². The Morgan fingerprint density at radius 1 is 1.15 bits per heavy atom. The number of aromatic hydroxyl groups is 2. The summed E-state index contributed by atoms with van der Waals surface area (Å²) in [5, 5.41) is 22.6. The quantitative estimate of drug-likeness (QED) is 0.293. The van der Waals surface area contributed by atoms with Crippen LogP contribution in [0.5, 0.6) is 11.5 Å². The van der Waals surface area contributed by atoms with Crippen molar-refractivity contribution < 1.29 is 15.0 Å². The Hall–Kier alpha value is -3.02. The highest BCUT2D eigenvalue weighted by atomic mass is 16.3. The van der Waals surface area contributed by atoms with Gasteiger partial charge in [-0.1, -0.05) is 6.07 Å². The lowest BCUT2D eigenvalue weighted by Gasteiger charge is -2.02. The van der Waals surface area contributed by atoms with E-state index >= 15 is 0 Å². The fraction of sp³-hybridized carbons (Fsp3) is 0. The van der Waals surface area contributed by atoms with Gasteiger partial charge in [0.15, 0.2) is 11.5 Å². The summed E-state index contributed by atoms with van der Waals surface area (Å²) in [6, 6.07) is 10.8. The predicted molar refractivity (Wildman–Crippen MR) is 75.7 cm³/mol. The van der Waals surface area contributed by atoms with Gasteiger partial charge < -0.3 is 15.9 Å². The molecule has 6 heteroatoms. The maximum absolute atomic E-state index is 11.7. The van der Waals surface area contributed by atoms with Gasteiger partial charge in [-0.3, -0.25) is 4.79 Å². The lowest BCUT2D eigenvalue weighted by Crippen LogP contribution is -2.17. The van der Waals surface area contributed by atoms with Crippen LogP contribution >= 0.6 is 0 Å². The Balaban J connectivity index is 2.04. The second kappa shape index (κ2) is 5.75. The highest BCUT2D eigenvalue weighted by Crippen LogP contribution is 2.26. The molecule has 0 unspecified atom stereocenters. The first-order chi connectivity index (χ1) is 9.58. The first-order valence-corrected chi connectivity index (χ1v) is 5.78. The molecule has 5 N–H and O–H groups in total. The number of carbonyl (C=O) groups excluding carboxylic acids is 1. The van der Waals surface area contributed by atoms with Crippen LogP contribution in [0.15, 0.2) is 47.6 Å². The van der Waals surface area contributed by atoms with E-state index in [-0.39, 0.29) is 11.5 Å². The summed E-state index contributed by atoms with van der Waals surface area (Å²) in [6.45, 7) is 0. The summed E-state index contributed by atoms with van der Waals surface area (Å²) in [5.41, 5.74) is 9.10. The average Bonchev–Trinajstić information content (AvgIpc) is 2.44. The smallest absolute Gasteiger partial charge is 0.271 e. The molecular weight excluding hydrogens is 258 g/mol. The molecule has 2 aromatic rings. The molecule has 0 aromatic heterocycles. The minimum absolute atomic E-state index is 0.251. The largest absolute Gasteiger partial charge is 0.504 e. The van der Waals surface area contributed by atoms with Gasteiger partial charge in [0.2, 0.25) is 0 Å². The number of phenols is 2. The fourth-order valence-electron chi connectivity index (χ4n) is 1.51. The second-order valence-electron chi connectivity index (χ2n) is 4.04. The second-order valence-corrected chi connectivity index (χ2v) is 4.04. The van der Waals surface area contributed by atoms with Crippen molar-refractivity contribution in [1.82, 2.24) is 5.43 Å². The van der Waals surface area contributed by atoms with Crippen LogP contribution < -0.4 is 11.2 Å². The van der Waals surface area contributed by atoms with Crippen LogP contribution in [-0.4, -0.2) is 22.3 Å². The number of hydrogen-bond acceptors (Lipinski definition) is 5. The number of rotatable bonds is 3. The fourth-order valence-corrected chi connectivity index (χ4v) is 1.51. The molecule has 0 bridgehead atoms. The molecule has 2 aromatic carbocycles. The molecule has 0 heterocycles. The Bertz CT molecular complexity index is 651. The normalized spacial score (nSPS) is 10.6. The lowest BCUT2D eigenvalue weighted by atomic mass is 10.2. The van der Waals surface area contributed by atoms with Crippen molar-refractivity contribution in [1.29, 1.82) is 0 Å². The summed E-state index contributed by atoms with van der Waals surface area (Å²) in [5.74, 6) is -0.947. The molecule has 6 nitrogen and oxygen atoms in total. The zero-order chi connectivity index (χ0) is 14.5. The van der Waals surface area contributed by atoms with E-state index < -0.39 is 5.91 Å². The average molecular weight is 271 g/mol. The van der Waals surface area contributed by atoms with Crippen molar-refractivity contribution in [2.75, 3.05) is 5.73 Å². The standard InChI is InChI=1S/C14H13N3O3/c15-11-6-4-9(5-7-11)14(20)17-16-8-10-2-1-3-12(18)13(10)19/h1-8,18-19H,15H2,(H,17,20). The van der Waals surface area contributed by atoms with E-state index in [1.54, 1.807) is 36.4 Å². The van der Waals surface area contributed by atoms with Crippen LogP contribution in [0.2, 0.25) is 0 Å². The number of amides is 1. The van der Waals surface area contributed by atoms with Gasteiger partial charge in [-0.05, 0) is 36.4 Å². The summed E-state index contributed by atoms with van der Waals surface area (Å²) in [7, 11) is 0. The van der Waals surface area contributed by atoms with E-state index in [9.17, 15) is 15.0 Å². The van der Waals surface area contributed by atoms with Gasteiger partial charge in [0, 0.05) is 16.8 Å². The van der Waals surface area contributed by atoms with E-state index in [1.165, 1.54) is 12.3 Å². The maximum Gasteiger partial charge on any atom is 0.271 e. The van der Waals surface area contributed by atoms with Crippen molar-refractivity contribution in [3.05, 3.63) is 53.6 Å². The number of benzene rings is 2. The number of nitrogens with one attached hydrogen (secondary N) is 1. The van der Waals surface area contributed by atoms with E-state index in [4.69, 9.17) is 5.73 Å². The molecule has 0 aliphatic rings. The van der Waals surface area contributed by atoms with Gasteiger partial charge in [0.1, 0.15) is 0 Å². The van der Waals surface area contributed by atoms with E-state index in [1.807, 2.05) is 0 Å². The van der Waals surface area contributed by atoms with Crippen LogP contribution in [0.1, 0.15) is 15.9 Å². The third-order valence-electron chi connectivity index (χ3n) is 2.59. The number of nitrogens with two attached hydrogens (primary N) is 1. The Morgan fingerprint density at radius 2 is 1.85 bits per heavy atom. The molecule has 0 spiro atoms. The molecule has 0 radical (unpaired) electrons. The summed E-state index contributed by atoms with van der Waals surface area (Å²) < 4.78 is 0. The number of para-hydroxylation sites is 1. The Kier molecular flexibility index (Phi) is 3.85. The summed E-state index contributed by atoms with van der Waals surface area (Å²) in [4.78, 5) is 11.7. The minimum atomic E-state index is -0.402. The van der Waals surface area contributed by atoms with Gasteiger partial charge >= 0.3 is 0 Å². The molecule has 0 aliphatic heterocycles. The number of nitrogen functional groups attached to an aromatic ring is 1. The van der Waals surface area contributed by atoms with Crippen LogP contribution in [0.4, 0.5) is 5.69 Å². The van der Waals surface area contributed by atoms with E-state index in [2.05, 4.69) is 10.5 Å². The molecule has 0 saturated heterocycles. The number of carbonyl (C=O) groups is 1. The summed E-state index contributed by atoms with van der Waals surface area (Å²) >= 11 is 0. The molecule has 102 valence electrons. The SMILES string of the molecule is Nc1ccc(C(=O)NN=Cc2cccc(O)c2O)cc1. The van der Waals surface area contributed by atoms with Crippen molar-refractivity contribution in [2.24, 2.45) is 5.10 Å². The first kappa shape index (κ1) is 13.4. The third-order valence-corrected chi connectivity index (χ3v) is 2.59. The molecule has 2 rings (SSSR count). The van der Waals surface area contributed by atoms with Gasteiger partial charge in [0.05, 0.1) is 6.21 Å². The zero-order valence-corrected chi connectivity index (χ0v) is 10.4. The molecule has 0 atom stereocenters. The highest BCUT2D eigenvalue weighted by Gasteiger charge is 2.05. The van der Waals surface area contributed by atoms with E-state index in [0.717, 1.165) is 0 Å². The number of hydrogen-bond donors (Lipinski definition) is 4. The highest BCUT2D eigenvalue weighted by molar-refractivity contribution is 5.95. The zero-order valence-electron chi connectivity index (χ0n) is 10.4. The monoisotopic (exact) mass is 271 g/mol. The molecule has 0 saturated carbocycles. The molecule has 0 aliphatic carbocycles. The molecule has 0 fully saturated rings. The minimum Gasteiger partial charge on any atom is -0.504 e. The van der Waals surface area contributed by atoms with E-state index in [0.29, 0.717) is 16.8 Å².